The summed E-state index contributed by atoms with van der Waals surface area (Å²) < 4.78 is 17.7. The summed E-state index contributed by atoms with van der Waals surface area (Å²) in [4.78, 5) is 12.2. The average Bonchev–Trinajstić information content (AvgIpc) is 2.94. The largest absolute Gasteiger partial charge is 0.494 e. The second kappa shape index (κ2) is 7.90. The van der Waals surface area contributed by atoms with Gasteiger partial charge in [-0.3, -0.25) is 4.79 Å². The van der Waals surface area contributed by atoms with Gasteiger partial charge in [-0.1, -0.05) is 66.7 Å². The number of carbonyl (C=O) groups is 1. The highest BCUT2D eigenvalue weighted by molar-refractivity contribution is 6.62. The molecule has 4 rings (SSSR count). The van der Waals surface area contributed by atoms with Crippen LogP contribution in [0.15, 0.2) is 66.7 Å². The van der Waals surface area contributed by atoms with Gasteiger partial charge in [-0.25, -0.2) is 0 Å². The fourth-order valence-electron chi connectivity index (χ4n) is 3.51. The number of carbonyl (C=O) groups excluding carboxylic acids is 1. The molecule has 4 nitrogen and oxygen atoms in total. The molecule has 0 spiro atoms. The van der Waals surface area contributed by atoms with Crippen molar-refractivity contribution < 1.29 is 18.8 Å². The fourth-order valence-corrected chi connectivity index (χ4v) is 3.51. The van der Waals surface area contributed by atoms with Gasteiger partial charge in [-0.2, -0.15) is 0 Å². The number of fused-ring (bicyclic) bond motifs is 1. The first-order valence-electron chi connectivity index (χ1n) is 10.3. The molecule has 1 saturated heterocycles. The summed E-state index contributed by atoms with van der Waals surface area (Å²) in [5, 5.41) is 2.16. The van der Waals surface area contributed by atoms with Gasteiger partial charge >= 0.3 is 13.1 Å². The zero-order valence-corrected chi connectivity index (χ0v) is 18.0. The Kier molecular flexibility index (Phi) is 5.43. The molecule has 0 bridgehead atoms. The van der Waals surface area contributed by atoms with E-state index in [1.165, 1.54) is 0 Å². The topological polar surface area (TPSA) is 44.8 Å². The summed E-state index contributed by atoms with van der Waals surface area (Å²) >= 11 is 0. The van der Waals surface area contributed by atoms with E-state index in [9.17, 15) is 4.79 Å². The quantitative estimate of drug-likeness (QED) is 0.468. The molecule has 1 aliphatic heterocycles. The van der Waals surface area contributed by atoms with Crippen LogP contribution in [0.4, 0.5) is 0 Å². The van der Waals surface area contributed by atoms with Crippen molar-refractivity contribution in [1.29, 1.82) is 0 Å². The monoisotopic (exact) mass is 402 g/mol. The van der Waals surface area contributed by atoms with E-state index in [4.69, 9.17) is 14.0 Å². The second-order valence-corrected chi connectivity index (χ2v) is 8.85. The Hall–Kier alpha value is -2.63. The van der Waals surface area contributed by atoms with Gasteiger partial charge in [-0.15, -0.1) is 0 Å². The van der Waals surface area contributed by atoms with E-state index < -0.39 is 0 Å². The van der Waals surface area contributed by atoms with E-state index in [1.54, 1.807) is 0 Å². The summed E-state index contributed by atoms with van der Waals surface area (Å²) in [6.45, 7) is 8.51. The lowest BCUT2D eigenvalue weighted by atomic mass is 9.78. The Labute approximate surface area is 178 Å². The third-order valence-corrected chi connectivity index (χ3v) is 6.05. The van der Waals surface area contributed by atoms with Gasteiger partial charge in [0.2, 0.25) is 0 Å². The van der Waals surface area contributed by atoms with Gasteiger partial charge in [0, 0.05) is 0 Å². The SMILES string of the molecule is CC1(C)OB(c2ccc3cc(CC(=O)OCc4ccccc4)ccc3c2)OC1(C)C. The summed E-state index contributed by atoms with van der Waals surface area (Å²) in [6, 6.07) is 21.9. The van der Waals surface area contributed by atoms with Crippen LogP contribution in [0.1, 0.15) is 38.8 Å². The number of ether oxygens (including phenoxy) is 1. The Morgan fingerprint density at radius 1 is 0.833 bits per heavy atom. The van der Waals surface area contributed by atoms with Gasteiger partial charge in [-0.05, 0) is 55.1 Å². The number of hydrogen-bond donors (Lipinski definition) is 0. The number of benzene rings is 3. The van der Waals surface area contributed by atoms with Crippen molar-refractivity contribution in [2.75, 3.05) is 0 Å². The van der Waals surface area contributed by atoms with E-state index in [0.717, 1.165) is 27.4 Å². The normalized spacial score (nSPS) is 17.3. The Morgan fingerprint density at radius 3 is 2.17 bits per heavy atom. The summed E-state index contributed by atoms with van der Waals surface area (Å²) in [7, 11) is -0.382. The lowest BCUT2D eigenvalue weighted by Crippen LogP contribution is -2.41. The maximum absolute atomic E-state index is 12.2. The van der Waals surface area contributed by atoms with Gasteiger partial charge in [0.1, 0.15) is 6.61 Å². The number of esters is 1. The van der Waals surface area contributed by atoms with Crippen LogP contribution in [0.2, 0.25) is 0 Å². The van der Waals surface area contributed by atoms with E-state index in [-0.39, 0.29) is 30.7 Å². The van der Waals surface area contributed by atoms with Crippen molar-refractivity contribution in [3.05, 3.63) is 77.9 Å². The van der Waals surface area contributed by atoms with Gasteiger partial charge in [0.15, 0.2) is 0 Å². The molecule has 1 fully saturated rings. The maximum Gasteiger partial charge on any atom is 0.494 e. The van der Waals surface area contributed by atoms with Gasteiger partial charge in [0.05, 0.1) is 17.6 Å². The molecule has 0 saturated carbocycles. The standard InChI is InChI=1S/C25H27BO4/c1-24(2)25(3,4)30-26(29-24)22-13-12-20-14-19(10-11-21(20)16-22)15-23(27)28-17-18-8-6-5-7-9-18/h5-14,16H,15,17H2,1-4H3. The molecular formula is C25H27BO4. The first-order chi connectivity index (χ1) is 14.2. The van der Waals surface area contributed by atoms with Crippen LogP contribution in [0.5, 0.6) is 0 Å². The van der Waals surface area contributed by atoms with Crippen molar-refractivity contribution in [2.45, 2.75) is 51.9 Å². The van der Waals surface area contributed by atoms with Crippen molar-refractivity contribution in [3.8, 4) is 0 Å². The van der Waals surface area contributed by atoms with Crippen LogP contribution < -0.4 is 5.46 Å². The molecule has 0 N–H and O–H groups in total. The van der Waals surface area contributed by atoms with Crippen molar-refractivity contribution in [3.63, 3.8) is 0 Å². The highest BCUT2D eigenvalue weighted by Gasteiger charge is 2.51. The number of hydrogen-bond acceptors (Lipinski definition) is 4. The Balaban J connectivity index is 1.44. The number of rotatable bonds is 5. The molecule has 3 aromatic carbocycles. The molecule has 0 unspecified atom stereocenters. The minimum Gasteiger partial charge on any atom is -0.461 e. The van der Waals surface area contributed by atoms with Crippen molar-refractivity contribution in [1.82, 2.24) is 0 Å². The minimum atomic E-state index is -0.382. The van der Waals surface area contributed by atoms with Crippen LogP contribution >= 0.6 is 0 Å². The molecule has 0 aliphatic carbocycles. The van der Waals surface area contributed by atoms with Crippen LogP contribution in [-0.2, 0) is 31.9 Å². The lowest BCUT2D eigenvalue weighted by molar-refractivity contribution is -0.144. The van der Waals surface area contributed by atoms with Gasteiger partial charge in [0.25, 0.3) is 0 Å². The van der Waals surface area contributed by atoms with Crippen LogP contribution in [0.25, 0.3) is 10.8 Å². The molecular weight excluding hydrogens is 375 g/mol. The van der Waals surface area contributed by atoms with Crippen molar-refractivity contribution >= 4 is 29.3 Å². The molecule has 1 aliphatic rings. The van der Waals surface area contributed by atoms with Crippen LogP contribution in [0.3, 0.4) is 0 Å². The Bertz CT molecular complexity index is 1040. The highest BCUT2D eigenvalue weighted by Crippen LogP contribution is 2.36. The van der Waals surface area contributed by atoms with E-state index in [0.29, 0.717) is 6.61 Å². The summed E-state index contributed by atoms with van der Waals surface area (Å²) in [6.07, 6.45) is 0.252. The molecule has 1 heterocycles. The third kappa shape index (κ3) is 4.28. The molecule has 0 amide bonds. The lowest BCUT2D eigenvalue weighted by Gasteiger charge is -2.32. The van der Waals surface area contributed by atoms with E-state index in [2.05, 4.69) is 39.8 Å². The van der Waals surface area contributed by atoms with Crippen LogP contribution in [-0.4, -0.2) is 24.3 Å². The molecule has 0 aromatic heterocycles. The van der Waals surface area contributed by atoms with Gasteiger partial charge < -0.3 is 14.0 Å². The summed E-state index contributed by atoms with van der Waals surface area (Å²) in [5.41, 5.74) is 2.19. The summed E-state index contributed by atoms with van der Waals surface area (Å²) in [5.74, 6) is -0.230. The molecule has 3 aromatic rings. The molecule has 0 atom stereocenters. The molecule has 0 radical (unpaired) electrons. The molecule has 5 heteroatoms. The zero-order valence-electron chi connectivity index (χ0n) is 18.0. The van der Waals surface area contributed by atoms with Crippen LogP contribution in [0, 0.1) is 0 Å². The maximum atomic E-state index is 12.2. The first-order valence-corrected chi connectivity index (χ1v) is 10.3. The first kappa shape index (κ1) is 20.6. The predicted molar refractivity (Wildman–Crippen MR) is 120 cm³/mol. The fraction of sp³-hybridized carbons (Fsp3) is 0.320. The molecule has 30 heavy (non-hydrogen) atoms. The predicted octanol–water partition coefficient (Wildman–Crippen LogP) is 4.42. The smallest absolute Gasteiger partial charge is 0.461 e. The molecule has 154 valence electrons. The third-order valence-electron chi connectivity index (χ3n) is 6.05. The van der Waals surface area contributed by atoms with Crippen molar-refractivity contribution in [2.24, 2.45) is 0 Å². The van der Waals surface area contributed by atoms with E-state index in [1.807, 2.05) is 54.6 Å². The Morgan fingerprint density at radius 2 is 1.47 bits per heavy atom. The van der Waals surface area contributed by atoms with E-state index >= 15 is 0 Å². The highest BCUT2D eigenvalue weighted by atomic mass is 16.7. The minimum absolute atomic E-state index is 0.230. The second-order valence-electron chi connectivity index (χ2n) is 8.85. The zero-order chi connectivity index (χ0) is 21.4. The average molecular weight is 402 g/mol.